The highest BCUT2D eigenvalue weighted by Crippen LogP contribution is 2.29. The van der Waals surface area contributed by atoms with Crippen LogP contribution in [0.2, 0.25) is 0 Å². The summed E-state index contributed by atoms with van der Waals surface area (Å²) in [4.78, 5) is 27.2. The van der Waals surface area contributed by atoms with E-state index in [0.717, 1.165) is 24.7 Å². The summed E-state index contributed by atoms with van der Waals surface area (Å²) in [5.74, 6) is 1.54. The summed E-state index contributed by atoms with van der Waals surface area (Å²) in [6, 6.07) is 0.318. The molecule has 1 aliphatic heterocycles. The van der Waals surface area contributed by atoms with Gasteiger partial charge in [0, 0.05) is 32.2 Å². The van der Waals surface area contributed by atoms with Gasteiger partial charge in [0.25, 0.3) is 0 Å². The van der Waals surface area contributed by atoms with E-state index >= 15 is 0 Å². The molecule has 1 aliphatic carbocycles. The molecule has 0 aromatic rings. The van der Waals surface area contributed by atoms with Crippen LogP contribution in [-0.4, -0.2) is 61.3 Å². The Balaban J connectivity index is 1.72. The van der Waals surface area contributed by atoms with Crippen molar-refractivity contribution in [3.05, 3.63) is 0 Å². The molecule has 0 atom stereocenters. The smallest absolute Gasteiger partial charge is 0.409 e. The molecule has 0 aromatic carbocycles. The van der Waals surface area contributed by atoms with Crippen LogP contribution in [0.15, 0.2) is 0 Å². The number of carbonyl (C=O) groups is 2. The van der Waals surface area contributed by atoms with Crippen LogP contribution in [0.5, 0.6) is 0 Å². The van der Waals surface area contributed by atoms with E-state index in [1.54, 1.807) is 9.80 Å². The molecule has 0 radical (unpaired) electrons. The number of piperazine rings is 1. The third-order valence-electron chi connectivity index (χ3n) is 5.04. The van der Waals surface area contributed by atoms with Gasteiger partial charge in [-0.3, -0.25) is 0 Å². The van der Waals surface area contributed by atoms with Crippen molar-refractivity contribution >= 4 is 12.1 Å². The Bertz CT molecular complexity index is 384. The summed E-state index contributed by atoms with van der Waals surface area (Å²) in [7, 11) is 1.38. The average molecular weight is 311 g/mol. The Morgan fingerprint density at radius 2 is 1.55 bits per heavy atom. The summed E-state index contributed by atoms with van der Waals surface area (Å²) in [5.41, 5.74) is 0. The molecule has 0 aromatic heterocycles. The molecule has 3 amide bonds. The van der Waals surface area contributed by atoms with Gasteiger partial charge in [0.05, 0.1) is 7.11 Å². The molecule has 6 nitrogen and oxygen atoms in total. The number of ether oxygens (including phenoxy) is 1. The van der Waals surface area contributed by atoms with Gasteiger partial charge in [0.15, 0.2) is 0 Å². The first-order valence-electron chi connectivity index (χ1n) is 8.39. The predicted octanol–water partition coefficient (Wildman–Crippen LogP) is 2.29. The molecule has 0 bridgehead atoms. The molecule has 6 heteroatoms. The largest absolute Gasteiger partial charge is 0.453 e. The van der Waals surface area contributed by atoms with Crippen LogP contribution in [0.1, 0.15) is 39.5 Å². The van der Waals surface area contributed by atoms with Crippen LogP contribution in [0.25, 0.3) is 0 Å². The summed E-state index contributed by atoms with van der Waals surface area (Å²) < 4.78 is 4.70. The van der Waals surface area contributed by atoms with E-state index in [1.165, 1.54) is 20.0 Å². The van der Waals surface area contributed by atoms with Crippen molar-refractivity contribution in [3.8, 4) is 0 Å². The van der Waals surface area contributed by atoms with Crippen molar-refractivity contribution in [1.82, 2.24) is 15.1 Å². The van der Waals surface area contributed by atoms with Crippen molar-refractivity contribution < 1.29 is 14.3 Å². The van der Waals surface area contributed by atoms with Gasteiger partial charge >= 0.3 is 12.1 Å². The minimum absolute atomic E-state index is 0.0116. The zero-order valence-electron chi connectivity index (χ0n) is 14.0. The Morgan fingerprint density at radius 3 is 2.05 bits per heavy atom. The number of carbonyl (C=O) groups excluding carboxylic acids is 2. The molecular formula is C16H29N3O3. The summed E-state index contributed by atoms with van der Waals surface area (Å²) in [5, 5.41) is 3.16. The van der Waals surface area contributed by atoms with E-state index in [4.69, 9.17) is 4.74 Å². The van der Waals surface area contributed by atoms with Gasteiger partial charge in [-0.15, -0.1) is 0 Å². The normalized spacial score (nSPS) is 26.0. The number of amides is 3. The van der Waals surface area contributed by atoms with Crippen LogP contribution in [0.3, 0.4) is 0 Å². The second kappa shape index (κ2) is 7.70. The average Bonchev–Trinajstić information content (AvgIpc) is 2.54. The van der Waals surface area contributed by atoms with Gasteiger partial charge in [-0.05, 0) is 37.5 Å². The lowest BCUT2D eigenvalue weighted by Gasteiger charge is -2.36. The van der Waals surface area contributed by atoms with Crippen molar-refractivity contribution in [2.75, 3.05) is 33.3 Å². The quantitative estimate of drug-likeness (QED) is 0.851. The highest BCUT2D eigenvalue weighted by atomic mass is 16.5. The first-order valence-corrected chi connectivity index (χ1v) is 8.39. The molecule has 22 heavy (non-hydrogen) atoms. The van der Waals surface area contributed by atoms with Crippen LogP contribution < -0.4 is 5.32 Å². The number of urea groups is 1. The van der Waals surface area contributed by atoms with E-state index in [2.05, 4.69) is 19.2 Å². The number of hydrogen-bond acceptors (Lipinski definition) is 3. The fourth-order valence-corrected chi connectivity index (χ4v) is 3.42. The topological polar surface area (TPSA) is 61.9 Å². The summed E-state index contributed by atoms with van der Waals surface area (Å²) in [6.45, 7) is 6.79. The molecule has 0 unspecified atom stereocenters. The van der Waals surface area contributed by atoms with E-state index in [1.807, 2.05) is 0 Å². The second-order valence-electron chi connectivity index (χ2n) is 6.75. The summed E-state index contributed by atoms with van der Waals surface area (Å²) >= 11 is 0. The van der Waals surface area contributed by atoms with E-state index in [-0.39, 0.29) is 12.1 Å². The molecule has 2 fully saturated rings. The van der Waals surface area contributed by atoms with Gasteiger partial charge in [0.1, 0.15) is 0 Å². The highest BCUT2D eigenvalue weighted by Gasteiger charge is 2.28. The third-order valence-corrected chi connectivity index (χ3v) is 5.04. The molecule has 2 aliphatic rings. The summed E-state index contributed by atoms with van der Waals surface area (Å²) in [6.07, 6.45) is 4.26. The Labute approximate surface area is 133 Å². The van der Waals surface area contributed by atoms with Crippen molar-refractivity contribution in [3.63, 3.8) is 0 Å². The first kappa shape index (κ1) is 16.9. The van der Waals surface area contributed by atoms with Crippen molar-refractivity contribution in [1.29, 1.82) is 0 Å². The monoisotopic (exact) mass is 311 g/mol. The molecule has 1 heterocycles. The van der Waals surface area contributed by atoms with Crippen molar-refractivity contribution in [2.24, 2.45) is 11.8 Å². The van der Waals surface area contributed by atoms with E-state index in [0.29, 0.717) is 32.2 Å². The lowest BCUT2D eigenvalue weighted by molar-refractivity contribution is 0.0958. The third kappa shape index (κ3) is 4.27. The molecule has 1 N–H and O–H groups in total. The Morgan fingerprint density at radius 1 is 1.00 bits per heavy atom. The molecule has 2 rings (SSSR count). The molecule has 1 saturated heterocycles. The highest BCUT2D eigenvalue weighted by molar-refractivity contribution is 5.75. The maximum Gasteiger partial charge on any atom is 0.409 e. The molecule has 1 saturated carbocycles. The van der Waals surface area contributed by atoms with E-state index in [9.17, 15) is 9.59 Å². The second-order valence-corrected chi connectivity index (χ2v) is 6.75. The molecule has 126 valence electrons. The minimum atomic E-state index is -0.313. The zero-order valence-corrected chi connectivity index (χ0v) is 14.0. The van der Waals surface area contributed by atoms with E-state index < -0.39 is 0 Å². The Hall–Kier alpha value is -1.46. The zero-order chi connectivity index (χ0) is 16.1. The van der Waals surface area contributed by atoms with Crippen molar-refractivity contribution in [2.45, 2.75) is 45.6 Å². The fourth-order valence-electron chi connectivity index (χ4n) is 3.42. The number of nitrogens with zero attached hydrogens (tertiary/aromatic N) is 2. The lowest BCUT2D eigenvalue weighted by atomic mass is 9.80. The first-order chi connectivity index (χ1) is 10.5. The van der Waals surface area contributed by atoms with Crippen LogP contribution >= 0.6 is 0 Å². The van der Waals surface area contributed by atoms with Gasteiger partial charge in [-0.2, -0.15) is 0 Å². The van der Waals surface area contributed by atoms with Gasteiger partial charge in [0.2, 0.25) is 0 Å². The molecule has 0 spiro atoms. The predicted molar refractivity (Wildman–Crippen MR) is 84.7 cm³/mol. The maximum absolute atomic E-state index is 12.3. The van der Waals surface area contributed by atoms with Crippen LogP contribution in [0.4, 0.5) is 9.59 Å². The number of hydrogen-bond donors (Lipinski definition) is 1. The minimum Gasteiger partial charge on any atom is -0.453 e. The number of methoxy groups -OCH3 is 1. The van der Waals surface area contributed by atoms with Gasteiger partial charge < -0.3 is 19.9 Å². The standard InChI is InChI=1S/C16H29N3O3/c1-12(2)13-4-6-14(7-5-13)17-15(20)18-8-10-19(11-9-18)16(21)22-3/h12-14H,4-11H2,1-3H3,(H,17,20). The maximum atomic E-state index is 12.3. The van der Waals surface area contributed by atoms with Gasteiger partial charge in [-0.1, -0.05) is 13.8 Å². The van der Waals surface area contributed by atoms with Gasteiger partial charge in [-0.25, -0.2) is 9.59 Å². The van der Waals surface area contributed by atoms with Crippen LogP contribution in [-0.2, 0) is 4.74 Å². The fraction of sp³-hybridized carbons (Fsp3) is 0.875. The lowest BCUT2D eigenvalue weighted by Crippen LogP contribution is -2.54. The number of nitrogens with one attached hydrogen (secondary N) is 1. The molecular weight excluding hydrogens is 282 g/mol. The van der Waals surface area contributed by atoms with Crippen LogP contribution in [0, 0.1) is 11.8 Å². The SMILES string of the molecule is COC(=O)N1CCN(C(=O)NC2CCC(C(C)C)CC2)CC1. The number of rotatable bonds is 2. The Kier molecular flexibility index (Phi) is 5.91.